The number of likely N-dealkylation sites (tertiary alicyclic amines) is 1. The monoisotopic (exact) mass is 367 g/mol. The molecule has 5 heteroatoms. The highest BCUT2D eigenvalue weighted by molar-refractivity contribution is 7.99. The lowest BCUT2D eigenvalue weighted by Gasteiger charge is -2.40. The molecule has 1 N–H and O–H groups in total. The summed E-state index contributed by atoms with van der Waals surface area (Å²) in [6.07, 6.45) is 0.916. The van der Waals surface area contributed by atoms with Crippen LogP contribution in [0.2, 0.25) is 0 Å². The van der Waals surface area contributed by atoms with Crippen molar-refractivity contribution in [1.82, 2.24) is 4.90 Å². The van der Waals surface area contributed by atoms with Crippen LogP contribution < -0.4 is 0 Å². The van der Waals surface area contributed by atoms with Gasteiger partial charge in [0.1, 0.15) is 0 Å². The summed E-state index contributed by atoms with van der Waals surface area (Å²) in [5.74, 6) is 0.00887. The summed E-state index contributed by atoms with van der Waals surface area (Å²) in [5.41, 5.74) is 1.06. The number of thioether (sulfide) groups is 1. The van der Waals surface area contributed by atoms with Gasteiger partial charge in [0.15, 0.2) is 0 Å². The van der Waals surface area contributed by atoms with Crippen LogP contribution in [0.15, 0.2) is 59.5 Å². The van der Waals surface area contributed by atoms with Crippen molar-refractivity contribution < 1.29 is 14.7 Å². The topological polar surface area (TPSA) is 57.6 Å². The first-order valence-electron chi connectivity index (χ1n) is 8.91. The average molecular weight is 367 g/mol. The molecule has 0 spiro atoms. The number of piperidine rings is 1. The van der Waals surface area contributed by atoms with Crippen molar-refractivity contribution in [2.75, 3.05) is 18.8 Å². The first-order chi connectivity index (χ1) is 12.6. The third kappa shape index (κ3) is 2.80. The van der Waals surface area contributed by atoms with Crippen LogP contribution in [-0.2, 0) is 15.0 Å². The molecule has 0 aromatic heterocycles. The van der Waals surface area contributed by atoms with E-state index in [9.17, 15) is 14.7 Å². The van der Waals surface area contributed by atoms with Crippen molar-refractivity contribution in [3.63, 3.8) is 0 Å². The molecule has 2 aromatic rings. The summed E-state index contributed by atoms with van der Waals surface area (Å²) in [6, 6.07) is 17.5. The predicted octanol–water partition coefficient (Wildman–Crippen LogP) is 3.52. The summed E-state index contributed by atoms with van der Waals surface area (Å²) < 4.78 is 0. The molecule has 0 saturated carbocycles. The van der Waals surface area contributed by atoms with E-state index in [1.165, 1.54) is 4.90 Å². The molecule has 4 nitrogen and oxygen atoms in total. The van der Waals surface area contributed by atoms with E-state index in [2.05, 4.69) is 6.07 Å². The maximum absolute atomic E-state index is 13.0. The van der Waals surface area contributed by atoms with Gasteiger partial charge < -0.3 is 10.0 Å². The molecule has 2 aliphatic rings. The van der Waals surface area contributed by atoms with Crippen molar-refractivity contribution >= 4 is 23.6 Å². The SMILES string of the molecule is O=C(C1CSc2ccccc21)N1CCC(C(=O)O)(c2ccccc2)CC1. The summed E-state index contributed by atoms with van der Waals surface area (Å²) in [5, 5.41) is 9.90. The molecule has 0 bridgehead atoms. The van der Waals surface area contributed by atoms with Crippen LogP contribution in [0.4, 0.5) is 0 Å². The normalized spacial score (nSPS) is 21.2. The van der Waals surface area contributed by atoms with E-state index in [4.69, 9.17) is 0 Å². The van der Waals surface area contributed by atoms with Crippen molar-refractivity contribution in [1.29, 1.82) is 0 Å². The molecular formula is C21H21NO3S. The second-order valence-electron chi connectivity index (χ2n) is 6.98. The minimum atomic E-state index is -0.889. The van der Waals surface area contributed by atoms with E-state index in [0.29, 0.717) is 25.9 Å². The van der Waals surface area contributed by atoms with Gasteiger partial charge in [-0.1, -0.05) is 48.5 Å². The third-order valence-corrected chi connectivity index (χ3v) is 6.85. The fourth-order valence-electron chi connectivity index (χ4n) is 4.08. The molecule has 0 radical (unpaired) electrons. The quantitative estimate of drug-likeness (QED) is 0.902. The standard InChI is InChI=1S/C21H21NO3S/c23-19(17-14-26-18-9-5-4-8-16(17)18)22-12-10-21(11-13-22,20(24)25)15-6-2-1-3-7-15/h1-9,17H,10-14H2,(H,24,25). The molecule has 2 aromatic carbocycles. The minimum absolute atomic E-state index is 0.106. The number of nitrogens with zero attached hydrogens (tertiary/aromatic N) is 1. The molecule has 1 saturated heterocycles. The molecule has 2 heterocycles. The Morgan fingerprint density at radius 2 is 1.65 bits per heavy atom. The summed E-state index contributed by atoms with van der Waals surface area (Å²) >= 11 is 1.73. The Morgan fingerprint density at radius 3 is 2.35 bits per heavy atom. The number of hydrogen-bond acceptors (Lipinski definition) is 3. The van der Waals surface area contributed by atoms with E-state index in [0.717, 1.165) is 16.9 Å². The molecule has 0 aliphatic carbocycles. The second kappa shape index (κ2) is 6.80. The van der Waals surface area contributed by atoms with Crippen LogP contribution in [-0.4, -0.2) is 40.7 Å². The lowest BCUT2D eigenvalue weighted by molar-refractivity contribution is -0.148. The van der Waals surface area contributed by atoms with Gasteiger partial charge >= 0.3 is 5.97 Å². The minimum Gasteiger partial charge on any atom is -0.481 e. The fraction of sp³-hybridized carbons (Fsp3) is 0.333. The zero-order chi connectivity index (χ0) is 18.1. The molecule has 1 unspecified atom stereocenters. The van der Waals surface area contributed by atoms with Gasteiger partial charge in [0.25, 0.3) is 0 Å². The highest BCUT2D eigenvalue weighted by Gasteiger charge is 2.45. The van der Waals surface area contributed by atoms with Crippen LogP contribution in [0.5, 0.6) is 0 Å². The Balaban J connectivity index is 1.51. The van der Waals surface area contributed by atoms with Gasteiger partial charge in [-0.05, 0) is 30.0 Å². The van der Waals surface area contributed by atoms with E-state index in [-0.39, 0.29) is 11.8 Å². The predicted molar refractivity (Wildman–Crippen MR) is 101 cm³/mol. The van der Waals surface area contributed by atoms with Crippen LogP contribution in [0.3, 0.4) is 0 Å². The lowest BCUT2D eigenvalue weighted by Crippen LogP contribution is -2.50. The van der Waals surface area contributed by atoms with E-state index >= 15 is 0 Å². The van der Waals surface area contributed by atoms with E-state index in [1.54, 1.807) is 11.8 Å². The second-order valence-corrected chi connectivity index (χ2v) is 8.04. The highest BCUT2D eigenvalue weighted by atomic mass is 32.2. The molecule has 1 amide bonds. The largest absolute Gasteiger partial charge is 0.481 e. The lowest BCUT2D eigenvalue weighted by atomic mass is 9.72. The van der Waals surface area contributed by atoms with Crippen molar-refractivity contribution in [2.45, 2.75) is 29.1 Å². The van der Waals surface area contributed by atoms with Gasteiger partial charge in [0.2, 0.25) is 5.91 Å². The maximum Gasteiger partial charge on any atom is 0.314 e. The van der Waals surface area contributed by atoms with Gasteiger partial charge in [-0.2, -0.15) is 0 Å². The maximum atomic E-state index is 13.0. The number of carbonyl (C=O) groups is 2. The fourth-order valence-corrected chi connectivity index (χ4v) is 5.30. The van der Waals surface area contributed by atoms with Crippen molar-refractivity contribution in [3.05, 3.63) is 65.7 Å². The number of carboxylic acid groups (broad SMARTS) is 1. The third-order valence-electron chi connectivity index (χ3n) is 5.66. The zero-order valence-corrected chi connectivity index (χ0v) is 15.2. The number of amides is 1. The number of hydrogen-bond donors (Lipinski definition) is 1. The molecule has 2 aliphatic heterocycles. The number of benzene rings is 2. The first kappa shape index (κ1) is 17.2. The average Bonchev–Trinajstić information content (AvgIpc) is 3.12. The Hall–Kier alpha value is -2.27. The van der Waals surface area contributed by atoms with Crippen molar-refractivity contribution in [2.24, 2.45) is 0 Å². The van der Waals surface area contributed by atoms with E-state index < -0.39 is 11.4 Å². The Kier molecular flexibility index (Phi) is 4.49. The first-order valence-corrected chi connectivity index (χ1v) is 9.90. The zero-order valence-electron chi connectivity index (χ0n) is 14.4. The summed E-state index contributed by atoms with van der Waals surface area (Å²) in [6.45, 7) is 0.979. The molecule has 1 atom stereocenters. The smallest absolute Gasteiger partial charge is 0.314 e. The number of aliphatic carboxylic acids is 1. The molecule has 4 rings (SSSR count). The number of carbonyl (C=O) groups excluding carboxylic acids is 1. The Bertz CT molecular complexity index is 828. The highest BCUT2D eigenvalue weighted by Crippen LogP contribution is 2.42. The number of carboxylic acids is 1. The summed E-state index contributed by atoms with van der Waals surface area (Å²) in [7, 11) is 0. The van der Waals surface area contributed by atoms with Gasteiger partial charge in [0.05, 0.1) is 11.3 Å². The van der Waals surface area contributed by atoms with Crippen LogP contribution in [0.25, 0.3) is 0 Å². The number of fused-ring (bicyclic) bond motifs is 1. The molecule has 26 heavy (non-hydrogen) atoms. The summed E-state index contributed by atoms with van der Waals surface area (Å²) in [4.78, 5) is 28.2. The van der Waals surface area contributed by atoms with Gasteiger partial charge in [-0.15, -0.1) is 11.8 Å². The Morgan fingerprint density at radius 1 is 1.00 bits per heavy atom. The molecular weight excluding hydrogens is 346 g/mol. The van der Waals surface area contributed by atoms with Crippen LogP contribution in [0.1, 0.15) is 29.9 Å². The van der Waals surface area contributed by atoms with Crippen LogP contribution >= 0.6 is 11.8 Å². The van der Waals surface area contributed by atoms with Crippen LogP contribution in [0, 0.1) is 0 Å². The van der Waals surface area contributed by atoms with Gasteiger partial charge in [-0.3, -0.25) is 9.59 Å². The Labute approximate surface area is 157 Å². The van der Waals surface area contributed by atoms with Gasteiger partial charge in [-0.25, -0.2) is 0 Å². The molecule has 1 fully saturated rings. The number of rotatable bonds is 3. The molecule has 134 valence electrons. The van der Waals surface area contributed by atoms with Gasteiger partial charge in [0, 0.05) is 23.7 Å². The van der Waals surface area contributed by atoms with E-state index in [1.807, 2.05) is 53.4 Å². The van der Waals surface area contributed by atoms with Crippen molar-refractivity contribution in [3.8, 4) is 0 Å².